The fraction of sp³-hybridized carbons (Fsp3) is 0.300. The topological polar surface area (TPSA) is 110 Å². The van der Waals surface area contributed by atoms with Gasteiger partial charge in [0, 0.05) is 0 Å². The third-order valence-corrected chi connectivity index (χ3v) is 6.73. The number of benzene rings is 3. The van der Waals surface area contributed by atoms with Crippen LogP contribution in [0.4, 0.5) is 0 Å². The fourth-order valence-corrected chi connectivity index (χ4v) is 4.79. The third kappa shape index (κ3) is 5.66. The molecule has 1 fully saturated rings. The molecule has 0 atom stereocenters. The van der Waals surface area contributed by atoms with Crippen molar-refractivity contribution in [2.24, 2.45) is 0 Å². The standard InChI is InChI=1S/C30H30O7/c1-18(2)20-13-8-16-24(30(35)36-25-17-7-6-12-22(25)28(32)33)27(20)37-29(34)23-15-9-14-21(26(23)31)19-10-4-3-5-11-19/h6-9,12-19,31H,3-5,10-11H2,1-2H3,(H,32,33). The van der Waals surface area contributed by atoms with Gasteiger partial charge in [-0.3, -0.25) is 0 Å². The minimum absolute atomic E-state index is 0.0165. The van der Waals surface area contributed by atoms with Gasteiger partial charge >= 0.3 is 17.9 Å². The summed E-state index contributed by atoms with van der Waals surface area (Å²) in [5.74, 6) is -3.01. The van der Waals surface area contributed by atoms with E-state index >= 15 is 0 Å². The van der Waals surface area contributed by atoms with E-state index in [-0.39, 0.29) is 45.8 Å². The zero-order chi connectivity index (χ0) is 26.5. The highest BCUT2D eigenvalue weighted by Gasteiger charge is 2.27. The van der Waals surface area contributed by atoms with Crippen molar-refractivity contribution in [1.29, 1.82) is 0 Å². The van der Waals surface area contributed by atoms with Gasteiger partial charge in [0.1, 0.15) is 33.9 Å². The smallest absolute Gasteiger partial charge is 0.347 e. The summed E-state index contributed by atoms with van der Waals surface area (Å²) in [6.45, 7) is 3.78. The molecule has 0 aromatic heterocycles. The lowest BCUT2D eigenvalue weighted by atomic mass is 9.83. The number of carboxylic acid groups (broad SMARTS) is 1. The van der Waals surface area contributed by atoms with Crippen LogP contribution in [-0.4, -0.2) is 28.1 Å². The quantitative estimate of drug-likeness (QED) is 0.273. The number of para-hydroxylation sites is 3. The van der Waals surface area contributed by atoms with E-state index < -0.39 is 17.9 Å². The average molecular weight is 503 g/mol. The number of phenolic OH excluding ortho intramolecular Hbond substituents is 1. The number of ether oxygens (including phenoxy) is 2. The zero-order valence-electron chi connectivity index (χ0n) is 20.9. The predicted octanol–water partition coefficient (Wildman–Crippen LogP) is 6.70. The van der Waals surface area contributed by atoms with Crippen molar-refractivity contribution in [2.45, 2.75) is 57.8 Å². The van der Waals surface area contributed by atoms with Gasteiger partial charge in [0.15, 0.2) is 0 Å². The largest absolute Gasteiger partial charge is 0.507 e. The second-order valence-electron chi connectivity index (χ2n) is 9.54. The summed E-state index contributed by atoms with van der Waals surface area (Å²) >= 11 is 0. The summed E-state index contributed by atoms with van der Waals surface area (Å²) in [5, 5.41) is 20.4. The highest BCUT2D eigenvalue weighted by molar-refractivity contribution is 6.00. The van der Waals surface area contributed by atoms with Gasteiger partial charge in [0.25, 0.3) is 0 Å². The molecule has 0 saturated heterocycles. The number of aromatic carboxylic acids is 1. The van der Waals surface area contributed by atoms with Gasteiger partial charge in [-0.1, -0.05) is 69.5 Å². The second-order valence-corrected chi connectivity index (χ2v) is 9.54. The molecule has 1 aliphatic rings. The third-order valence-electron chi connectivity index (χ3n) is 6.73. The molecule has 0 aliphatic heterocycles. The van der Waals surface area contributed by atoms with E-state index in [0.717, 1.165) is 31.2 Å². The maximum Gasteiger partial charge on any atom is 0.347 e. The van der Waals surface area contributed by atoms with Gasteiger partial charge in [-0.2, -0.15) is 0 Å². The van der Waals surface area contributed by atoms with Crippen molar-refractivity contribution < 1.29 is 34.1 Å². The SMILES string of the molecule is CC(C)c1cccc(C(=O)Oc2ccccc2C(=O)O)c1OC(=O)c1cccc(C2CCCCC2)c1O. The molecule has 2 N–H and O–H groups in total. The molecule has 3 aromatic rings. The van der Waals surface area contributed by atoms with E-state index in [4.69, 9.17) is 9.47 Å². The van der Waals surface area contributed by atoms with Crippen molar-refractivity contribution in [3.8, 4) is 17.2 Å². The highest BCUT2D eigenvalue weighted by Crippen LogP contribution is 2.39. The van der Waals surface area contributed by atoms with Gasteiger partial charge in [0.2, 0.25) is 0 Å². The van der Waals surface area contributed by atoms with Crippen molar-refractivity contribution in [3.05, 3.63) is 88.5 Å². The number of aromatic hydroxyl groups is 1. The molecule has 0 unspecified atom stereocenters. The summed E-state index contributed by atoms with van der Waals surface area (Å²) in [4.78, 5) is 38.0. The lowest BCUT2D eigenvalue weighted by molar-refractivity contribution is 0.0680. The summed E-state index contributed by atoms with van der Waals surface area (Å²) in [7, 11) is 0. The molecule has 7 heteroatoms. The molecule has 0 bridgehead atoms. The minimum atomic E-state index is -1.24. The Balaban J connectivity index is 1.67. The molecule has 37 heavy (non-hydrogen) atoms. The van der Waals surface area contributed by atoms with Crippen LogP contribution in [0.1, 0.15) is 100.0 Å². The van der Waals surface area contributed by atoms with Crippen LogP contribution in [0.15, 0.2) is 60.7 Å². The Kier molecular flexibility index (Phi) is 7.92. The Bertz CT molecular complexity index is 1320. The summed E-state index contributed by atoms with van der Waals surface area (Å²) in [5.41, 5.74) is 1.16. The lowest BCUT2D eigenvalue weighted by Gasteiger charge is -2.23. The van der Waals surface area contributed by atoms with Crippen LogP contribution in [0, 0.1) is 0 Å². The number of carboxylic acids is 1. The first-order chi connectivity index (χ1) is 17.8. The van der Waals surface area contributed by atoms with Crippen LogP contribution < -0.4 is 9.47 Å². The molecule has 0 radical (unpaired) electrons. The van der Waals surface area contributed by atoms with Gasteiger partial charge < -0.3 is 19.7 Å². The highest BCUT2D eigenvalue weighted by atomic mass is 16.6. The number of carbonyl (C=O) groups excluding carboxylic acids is 2. The van der Waals surface area contributed by atoms with E-state index in [2.05, 4.69) is 0 Å². The first-order valence-corrected chi connectivity index (χ1v) is 12.5. The van der Waals surface area contributed by atoms with Crippen molar-refractivity contribution in [2.75, 3.05) is 0 Å². The van der Waals surface area contributed by atoms with Crippen LogP contribution in [0.2, 0.25) is 0 Å². The molecular formula is C30H30O7. The molecule has 1 saturated carbocycles. The van der Waals surface area contributed by atoms with E-state index in [1.807, 2.05) is 19.9 Å². The lowest BCUT2D eigenvalue weighted by Crippen LogP contribution is -2.18. The van der Waals surface area contributed by atoms with Gasteiger partial charge in [-0.15, -0.1) is 0 Å². The van der Waals surface area contributed by atoms with E-state index in [9.17, 15) is 24.6 Å². The van der Waals surface area contributed by atoms with Crippen LogP contribution in [-0.2, 0) is 0 Å². The number of rotatable bonds is 7. The second kappa shape index (κ2) is 11.3. The Morgan fingerprint density at radius 2 is 1.41 bits per heavy atom. The number of hydrogen-bond donors (Lipinski definition) is 2. The monoisotopic (exact) mass is 502 g/mol. The molecule has 192 valence electrons. The van der Waals surface area contributed by atoms with Crippen LogP contribution >= 0.6 is 0 Å². The molecule has 7 nitrogen and oxygen atoms in total. The summed E-state index contributed by atoms with van der Waals surface area (Å²) in [6, 6.07) is 15.7. The van der Waals surface area contributed by atoms with Crippen LogP contribution in [0.3, 0.4) is 0 Å². The maximum atomic E-state index is 13.3. The molecule has 0 amide bonds. The Morgan fingerprint density at radius 3 is 2.11 bits per heavy atom. The number of esters is 2. The van der Waals surface area contributed by atoms with Gasteiger partial charge in [-0.25, -0.2) is 14.4 Å². The molecule has 4 rings (SSSR count). The van der Waals surface area contributed by atoms with Crippen molar-refractivity contribution >= 4 is 17.9 Å². The molecule has 3 aromatic carbocycles. The molecule has 1 aliphatic carbocycles. The first-order valence-electron chi connectivity index (χ1n) is 12.5. The van der Waals surface area contributed by atoms with Crippen LogP contribution in [0.5, 0.6) is 17.2 Å². The Labute approximate surface area is 215 Å². The average Bonchev–Trinajstić information content (AvgIpc) is 2.89. The van der Waals surface area contributed by atoms with Gasteiger partial charge in [-0.05, 0) is 60.1 Å². The predicted molar refractivity (Wildman–Crippen MR) is 138 cm³/mol. The molecule has 0 heterocycles. The van der Waals surface area contributed by atoms with Crippen molar-refractivity contribution in [1.82, 2.24) is 0 Å². The first kappa shape index (κ1) is 25.9. The Morgan fingerprint density at radius 1 is 0.784 bits per heavy atom. The minimum Gasteiger partial charge on any atom is -0.507 e. The summed E-state index contributed by atoms with van der Waals surface area (Å²) < 4.78 is 11.2. The number of hydrogen-bond acceptors (Lipinski definition) is 6. The Hall–Kier alpha value is -4.13. The number of phenols is 1. The zero-order valence-corrected chi connectivity index (χ0v) is 20.9. The normalized spacial score (nSPS) is 13.8. The molecular weight excluding hydrogens is 472 g/mol. The summed E-state index contributed by atoms with van der Waals surface area (Å²) in [6.07, 6.45) is 5.24. The maximum absolute atomic E-state index is 13.3. The van der Waals surface area contributed by atoms with E-state index in [0.29, 0.717) is 5.56 Å². The molecule has 0 spiro atoms. The van der Waals surface area contributed by atoms with E-state index in [1.54, 1.807) is 24.3 Å². The van der Waals surface area contributed by atoms with Gasteiger partial charge in [0.05, 0.1) is 0 Å². The fourth-order valence-electron chi connectivity index (χ4n) is 4.79. The van der Waals surface area contributed by atoms with E-state index in [1.165, 1.54) is 36.8 Å². The van der Waals surface area contributed by atoms with Crippen molar-refractivity contribution in [3.63, 3.8) is 0 Å². The van der Waals surface area contributed by atoms with Crippen LogP contribution in [0.25, 0.3) is 0 Å². The number of carbonyl (C=O) groups is 3.